The van der Waals surface area contributed by atoms with Gasteiger partial charge in [-0.25, -0.2) is 9.79 Å². The van der Waals surface area contributed by atoms with Crippen LogP contribution in [0, 0.1) is 18.3 Å². The van der Waals surface area contributed by atoms with Crippen LogP contribution in [0.15, 0.2) is 47.5 Å². The van der Waals surface area contributed by atoms with Gasteiger partial charge in [0.1, 0.15) is 29.0 Å². The van der Waals surface area contributed by atoms with E-state index in [9.17, 15) is 10.1 Å². The van der Waals surface area contributed by atoms with Crippen LogP contribution in [-0.2, 0) is 4.74 Å². The molecular weight excluding hydrogens is 476 g/mol. The average Bonchev–Trinajstić information content (AvgIpc) is 3.18. The summed E-state index contributed by atoms with van der Waals surface area (Å²) in [6.07, 6.45) is 0. The number of rotatable bonds is 6. The fourth-order valence-electron chi connectivity index (χ4n) is 3.31. The lowest BCUT2D eigenvalue weighted by atomic mass is 10.1. The first-order valence-electron chi connectivity index (χ1n) is 11.1. The maximum atomic E-state index is 12.7. The first kappa shape index (κ1) is 24.9. The number of ether oxygens (including phenoxy) is 3. The van der Waals surface area contributed by atoms with E-state index in [1.54, 1.807) is 58.0 Å². The van der Waals surface area contributed by atoms with Gasteiger partial charge in [-0.15, -0.1) is 0 Å². The van der Waals surface area contributed by atoms with E-state index in [2.05, 4.69) is 24.9 Å². The molecule has 37 heavy (non-hydrogen) atoms. The van der Waals surface area contributed by atoms with E-state index >= 15 is 0 Å². The molecule has 0 radical (unpaired) electrons. The summed E-state index contributed by atoms with van der Waals surface area (Å²) >= 11 is 0. The van der Waals surface area contributed by atoms with Gasteiger partial charge in [-0.3, -0.25) is 0 Å². The maximum Gasteiger partial charge on any atom is 0.507 e. The number of nitrogens with zero attached hydrogens (tertiary/aromatic N) is 4. The Kier molecular flexibility index (Phi) is 6.62. The molecule has 2 aromatic heterocycles. The molecule has 0 spiro atoms. The molecule has 0 saturated heterocycles. The summed E-state index contributed by atoms with van der Waals surface area (Å²) in [7, 11) is 0. The zero-order valence-electron chi connectivity index (χ0n) is 20.6. The molecule has 0 aliphatic carbocycles. The molecule has 12 heteroatoms. The highest BCUT2D eigenvalue weighted by Crippen LogP contribution is 2.29. The molecule has 188 valence electrons. The molecule has 0 aliphatic heterocycles. The van der Waals surface area contributed by atoms with Crippen LogP contribution in [0.3, 0.4) is 0 Å². The van der Waals surface area contributed by atoms with Gasteiger partial charge in [-0.05, 0) is 58.0 Å². The van der Waals surface area contributed by atoms with Gasteiger partial charge in [0, 0.05) is 11.1 Å². The van der Waals surface area contributed by atoms with Gasteiger partial charge in [0.15, 0.2) is 11.5 Å². The van der Waals surface area contributed by atoms with Gasteiger partial charge >= 0.3 is 23.5 Å². The Morgan fingerprint density at radius 3 is 2.57 bits per heavy atom. The van der Waals surface area contributed by atoms with Gasteiger partial charge in [-0.1, -0.05) is 6.07 Å². The summed E-state index contributed by atoms with van der Waals surface area (Å²) in [6, 6.07) is 13.3. The van der Waals surface area contributed by atoms with Crippen molar-refractivity contribution in [1.29, 1.82) is 5.26 Å². The Balaban J connectivity index is 1.70. The third kappa shape index (κ3) is 6.09. The summed E-state index contributed by atoms with van der Waals surface area (Å²) in [5.74, 6) is 0.785. The minimum Gasteiger partial charge on any atom is -0.456 e. The lowest BCUT2D eigenvalue weighted by Crippen LogP contribution is -2.24. The van der Waals surface area contributed by atoms with Crippen molar-refractivity contribution in [2.24, 2.45) is 16.5 Å². The Morgan fingerprint density at radius 1 is 1.11 bits per heavy atom. The minimum absolute atomic E-state index is 0.0778. The van der Waals surface area contributed by atoms with Crippen LogP contribution in [0.1, 0.15) is 42.5 Å². The molecule has 0 unspecified atom stereocenters. The van der Waals surface area contributed by atoms with Crippen LogP contribution in [-0.4, -0.2) is 32.5 Å². The molecule has 0 amide bonds. The van der Waals surface area contributed by atoms with E-state index < -0.39 is 11.6 Å². The Labute approximate surface area is 211 Å². The first-order chi connectivity index (χ1) is 17.5. The number of esters is 1. The topological polar surface area (TPSA) is 189 Å². The number of aliphatic imine (C=N–C) groups is 1. The molecule has 0 atom stereocenters. The lowest BCUT2D eigenvalue weighted by Gasteiger charge is -2.20. The van der Waals surface area contributed by atoms with E-state index in [1.165, 1.54) is 12.1 Å². The highest BCUT2D eigenvalue weighted by Gasteiger charge is 2.25. The molecule has 12 nitrogen and oxygen atoms in total. The maximum absolute atomic E-state index is 12.7. The van der Waals surface area contributed by atoms with Crippen LogP contribution < -0.4 is 25.9 Å². The van der Waals surface area contributed by atoms with Gasteiger partial charge < -0.3 is 30.7 Å². The number of benzene rings is 2. The van der Waals surface area contributed by atoms with Crippen molar-refractivity contribution in [2.45, 2.75) is 33.3 Å². The minimum atomic E-state index is -0.732. The van der Waals surface area contributed by atoms with Crippen molar-refractivity contribution in [3.63, 3.8) is 0 Å². The predicted molar refractivity (Wildman–Crippen MR) is 134 cm³/mol. The largest absolute Gasteiger partial charge is 0.507 e. The van der Waals surface area contributed by atoms with Crippen LogP contribution in [0.4, 0.5) is 5.69 Å². The number of nitriles is 1. The number of nitrogens with two attached hydrogens (primary N) is 2. The van der Waals surface area contributed by atoms with Crippen molar-refractivity contribution in [3.05, 3.63) is 59.4 Å². The quantitative estimate of drug-likeness (QED) is 0.202. The Bertz CT molecular complexity index is 1560. The second-order valence-corrected chi connectivity index (χ2v) is 8.95. The number of guanidine groups is 1. The van der Waals surface area contributed by atoms with E-state index in [0.717, 1.165) is 0 Å². The van der Waals surface area contributed by atoms with Crippen molar-refractivity contribution in [1.82, 2.24) is 15.0 Å². The number of imidazole rings is 1. The molecule has 2 aromatic carbocycles. The standard InChI is InChI=1S/C25H24N8O4/c1-13-29-19-20(30-13)32-24(36-16-7-5-6-15(10-16)31-23(27)28)33-21(19)35-17-9-8-14(12-26)18(11-17)22(34)37-25(2,3)4/h5-11H,1-4H3,(H4,27,28,31)(H,29,30,32,33)/p+1. The van der Waals surface area contributed by atoms with Gasteiger partial charge in [0.25, 0.3) is 0 Å². The predicted octanol–water partition coefficient (Wildman–Crippen LogP) is 3.40. The van der Waals surface area contributed by atoms with Crippen LogP contribution in [0.2, 0.25) is 0 Å². The summed E-state index contributed by atoms with van der Waals surface area (Å²) in [5, 5.41) is 9.47. The SMILES string of the molecule is Cc1nc2nc(Oc3cccc(N=C(N)N)c3)[nH+]c(Oc3ccc(C#N)c(C(=O)OC(C)(C)C)c3)c2[nH]1. The normalized spacial score (nSPS) is 11.0. The number of aryl methyl sites for hydroxylation is 1. The number of H-pyrrole nitrogens is 2. The highest BCUT2D eigenvalue weighted by molar-refractivity contribution is 5.93. The smallest absolute Gasteiger partial charge is 0.456 e. The second kappa shape index (κ2) is 9.82. The monoisotopic (exact) mass is 501 g/mol. The van der Waals surface area contributed by atoms with E-state index in [-0.39, 0.29) is 34.7 Å². The third-order valence-electron chi connectivity index (χ3n) is 4.70. The zero-order chi connectivity index (χ0) is 26.7. The summed E-state index contributed by atoms with van der Waals surface area (Å²) in [4.78, 5) is 31.5. The molecule has 0 fully saturated rings. The number of hydrogen-bond acceptors (Lipinski definition) is 8. The fraction of sp³-hybridized carbons (Fsp3) is 0.200. The molecule has 4 rings (SSSR count). The molecule has 0 bridgehead atoms. The van der Waals surface area contributed by atoms with Crippen molar-refractivity contribution >= 4 is 28.8 Å². The van der Waals surface area contributed by atoms with Crippen LogP contribution in [0.25, 0.3) is 11.2 Å². The highest BCUT2D eigenvalue weighted by atomic mass is 16.6. The number of aromatic amines is 2. The number of fused-ring (bicyclic) bond motifs is 1. The number of aromatic nitrogens is 4. The molecule has 4 aromatic rings. The van der Waals surface area contributed by atoms with E-state index in [1.807, 2.05) is 6.07 Å². The molecule has 0 saturated carbocycles. The fourth-order valence-corrected chi connectivity index (χ4v) is 3.31. The lowest BCUT2D eigenvalue weighted by molar-refractivity contribution is -0.405. The Hall–Kier alpha value is -5.18. The number of hydrogen-bond donors (Lipinski definition) is 3. The summed E-state index contributed by atoms with van der Waals surface area (Å²) in [5.41, 5.74) is 11.7. The average molecular weight is 502 g/mol. The van der Waals surface area contributed by atoms with E-state index in [0.29, 0.717) is 28.4 Å². The van der Waals surface area contributed by atoms with Gasteiger partial charge in [0.05, 0.1) is 16.8 Å². The van der Waals surface area contributed by atoms with Crippen LogP contribution >= 0.6 is 0 Å². The second-order valence-electron chi connectivity index (χ2n) is 8.95. The van der Waals surface area contributed by atoms with Gasteiger partial charge in [0.2, 0.25) is 0 Å². The first-order valence-corrected chi connectivity index (χ1v) is 11.1. The molecule has 0 aliphatic rings. The summed E-state index contributed by atoms with van der Waals surface area (Å²) in [6.45, 7) is 7.01. The van der Waals surface area contributed by atoms with Crippen LogP contribution in [0.5, 0.6) is 23.4 Å². The molecule has 6 N–H and O–H groups in total. The number of carbonyl (C=O) groups is 1. The molecular formula is C25H25N8O4+. The third-order valence-corrected chi connectivity index (χ3v) is 4.70. The van der Waals surface area contributed by atoms with Crippen molar-refractivity contribution < 1.29 is 24.0 Å². The number of nitrogens with one attached hydrogen (secondary N) is 2. The van der Waals surface area contributed by atoms with Crippen molar-refractivity contribution in [2.75, 3.05) is 0 Å². The van der Waals surface area contributed by atoms with E-state index in [4.69, 9.17) is 25.7 Å². The number of carbonyl (C=O) groups excluding carboxylic acids is 1. The molecule has 2 heterocycles. The summed E-state index contributed by atoms with van der Waals surface area (Å²) < 4.78 is 17.4. The van der Waals surface area contributed by atoms with Gasteiger partial charge in [-0.2, -0.15) is 15.2 Å². The Morgan fingerprint density at radius 2 is 1.86 bits per heavy atom. The zero-order valence-corrected chi connectivity index (χ0v) is 20.6. The van der Waals surface area contributed by atoms with Crippen molar-refractivity contribution in [3.8, 4) is 29.5 Å².